The van der Waals surface area contributed by atoms with Crippen molar-refractivity contribution in [2.75, 3.05) is 13.6 Å². The van der Waals surface area contributed by atoms with E-state index in [-0.39, 0.29) is 5.56 Å². The summed E-state index contributed by atoms with van der Waals surface area (Å²) in [7, 11) is 1.85. The molecule has 0 saturated carbocycles. The van der Waals surface area contributed by atoms with Crippen LogP contribution in [0.4, 0.5) is 4.39 Å². The third kappa shape index (κ3) is 3.53. The molecule has 1 aromatic carbocycles. The zero-order valence-corrected chi connectivity index (χ0v) is 8.51. The van der Waals surface area contributed by atoms with E-state index in [0.717, 1.165) is 6.54 Å². The molecule has 78 valence electrons. The van der Waals surface area contributed by atoms with E-state index in [0.29, 0.717) is 18.3 Å². The summed E-state index contributed by atoms with van der Waals surface area (Å²) in [5.41, 5.74) is 0.657. The molecule has 1 rings (SSSR count). The summed E-state index contributed by atoms with van der Waals surface area (Å²) >= 11 is 0. The van der Waals surface area contributed by atoms with E-state index in [2.05, 4.69) is 17.2 Å². The van der Waals surface area contributed by atoms with Gasteiger partial charge in [0.25, 0.3) is 0 Å². The molecule has 15 heavy (non-hydrogen) atoms. The number of carbonyl (C=O) groups excluding carboxylic acids is 1. The first-order valence-corrected chi connectivity index (χ1v) is 4.66. The van der Waals surface area contributed by atoms with E-state index in [4.69, 9.17) is 0 Å². The van der Waals surface area contributed by atoms with Gasteiger partial charge in [0.2, 0.25) is 0 Å². The molecule has 0 unspecified atom stereocenters. The standard InChI is InChI=1S/C12H12FNO/c1-14-7-3-2-4-10-5-6-11(9-15)12(13)8-10/h5-6,8-9,14H,3,7H2,1H3. The Bertz CT molecular complexity index is 404. The van der Waals surface area contributed by atoms with Crippen molar-refractivity contribution in [3.63, 3.8) is 0 Å². The summed E-state index contributed by atoms with van der Waals surface area (Å²) in [6, 6.07) is 4.35. The zero-order chi connectivity index (χ0) is 11.1. The molecule has 1 aromatic rings. The molecule has 3 heteroatoms. The van der Waals surface area contributed by atoms with Crippen molar-refractivity contribution < 1.29 is 9.18 Å². The third-order valence-corrected chi connectivity index (χ3v) is 1.86. The Balaban J connectivity index is 2.73. The average Bonchev–Trinajstić information content (AvgIpc) is 2.25. The quantitative estimate of drug-likeness (QED) is 0.461. The molecular weight excluding hydrogens is 193 g/mol. The first-order chi connectivity index (χ1) is 7.27. The summed E-state index contributed by atoms with van der Waals surface area (Å²) < 4.78 is 13.1. The fourth-order valence-electron chi connectivity index (χ4n) is 1.05. The highest BCUT2D eigenvalue weighted by Gasteiger charge is 1.99. The van der Waals surface area contributed by atoms with Crippen LogP contribution in [0.3, 0.4) is 0 Å². The van der Waals surface area contributed by atoms with Gasteiger partial charge in [-0.2, -0.15) is 0 Å². The van der Waals surface area contributed by atoms with Crippen molar-refractivity contribution in [3.05, 3.63) is 35.1 Å². The lowest BCUT2D eigenvalue weighted by Gasteiger charge is -1.94. The van der Waals surface area contributed by atoms with Crippen LogP contribution in [0.15, 0.2) is 18.2 Å². The molecule has 0 aromatic heterocycles. The average molecular weight is 205 g/mol. The lowest BCUT2D eigenvalue weighted by atomic mass is 10.1. The predicted molar refractivity (Wildman–Crippen MR) is 57.2 cm³/mol. The van der Waals surface area contributed by atoms with E-state index >= 15 is 0 Å². The van der Waals surface area contributed by atoms with Crippen LogP contribution in [0, 0.1) is 17.7 Å². The fourth-order valence-corrected chi connectivity index (χ4v) is 1.05. The van der Waals surface area contributed by atoms with Crippen molar-refractivity contribution in [2.24, 2.45) is 0 Å². The van der Waals surface area contributed by atoms with Gasteiger partial charge in [-0.1, -0.05) is 11.8 Å². The Morgan fingerprint density at radius 1 is 1.53 bits per heavy atom. The lowest BCUT2D eigenvalue weighted by molar-refractivity contribution is 0.112. The fraction of sp³-hybridized carbons (Fsp3) is 0.250. The summed E-state index contributed by atoms with van der Waals surface area (Å²) in [5, 5.41) is 2.96. The largest absolute Gasteiger partial charge is 0.319 e. The predicted octanol–water partition coefficient (Wildman–Crippen LogP) is 1.60. The second kappa shape index (κ2) is 5.94. The van der Waals surface area contributed by atoms with E-state index in [1.165, 1.54) is 12.1 Å². The maximum atomic E-state index is 13.1. The maximum absolute atomic E-state index is 13.1. The summed E-state index contributed by atoms with van der Waals surface area (Å²) in [4.78, 5) is 10.4. The van der Waals surface area contributed by atoms with Crippen LogP contribution in [0.5, 0.6) is 0 Å². The van der Waals surface area contributed by atoms with Crippen LogP contribution in [0.1, 0.15) is 22.3 Å². The highest BCUT2D eigenvalue weighted by Crippen LogP contribution is 2.07. The summed E-state index contributed by atoms with van der Waals surface area (Å²) in [6.07, 6.45) is 1.21. The van der Waals surface area contributed by atoms with E-state index in [1.807, 2.05) is 7.05 Å². The van der Waals surface area contributed by atoms with E-state index in [9.17, 15) is 9.18 Å². The zero-order valence-electron chi connectivity index (χ0n) is 8.51. The number of halogens is 1. The molecule has 0 fully saturated rings. The number of nitrogens with one attached hydrogen (secondary N) is 1. The van der Waals surface area contributed by atoms with Crippen molar-refractivity contribution >= 4 is 6.29 Å². The lowest BCUT2D eigenvalue weighted by Crippen LogP contribution is -2.05. The number of benzene rings is 1. The second-order valence-corrected chi connectivity index (χ2v) is 3.01. The van der Waals surface area contributed by atoms with Gasteiger partial charge >= 0.3 is 0 Å². The Labute approximate surface area is 88.5 Å². The molecule has 0 heterocycles. The number of rotatable bonds is 3. The minimum Gasteiger partial charge on any atom is -0.319 e. The van der Waals surface area contributed by atoms with Crippen molar-refractivity contribution in [1.29, 1.82) is 0 Å². The van der Waals surface area contributed by atoms with Crippen LogP contribution in [-0.2, 0) is 0 Å². The van der Waals surface area contributed by atoms with Gasteiger partial charge in [-0.25, -0.2) is 4.39 Å². The van der Waals surface area contributed by atoms with E-state index < -0.39 is 5.82 Å². The summed E-state index contributed by atoms with van der Waals surface area (Å²) in [5.74, 6) is 5.20. The Kier molecular flexibility index (Phi) is 4.52. The highest BCUT2D eigenvalue weighted by molar-refractivity contribution is 5.75. The molecule has 0 spiro atoms. The Morgan fingerprint density at radius 2 is 2.33 bits per heavy atom. The summed E-state index contributed by atoms with van der Waals surface area (Å²) in [6.45, 7) is 0.807. The Morgan fingerprint density at radius 3 is 2.93 bits per heavy atom. The molecule has 0 bridgehead atoms. The van der Waals surface area contributed by atoms with Crippen LogP contribution >= 0.6 is 0 Å². The molecule has 0 atom stereocenters. The number of hydrogen-bond donors (Lipinski definition) is 1. The minimum absolute atomic E-state index is 0.0655. The highest BCUT2D eigenvalue weighted by atomic mass is 19.1. The van der Waals surface area contributed by atoms with Crippen molar-refractivity contribution in [2.45, 2.75) is 6.42 Å². The normalized spacial score (nSPS) is 9.20. The second-order valence-electron chi connectivity index (χ2n) is 3.01. The molecule has 0 aliphatic heterocycles. The van der Waals surface area contributed by atoms with Crippen molar-refractivity contribution in [3.8, 4) is 11.8 Å². The van der Waals surface area contributed by atoms with E-state index in [1.54, 1.807) is 6.07 Å². The number of hydrogen-bond acceptors (Lipinski definition) is 2. The van der Waals surface area contributed by atoms with Crippen LogP contribution in [-0.4, -0.2) is 19.9 Å². The Hall–Kier alpha value is -1.66. The molecule has 0 saturated heterocycles. The smallest absolute Gasteiger partial charge is 0.152 e. The van der Waals surface area contributed by atoms with Gasteiger partial charge in [-0.05, 0) is 25.2 Å². The molecule has 0 aliphatic rings. The van der Waals surface area contributed by atoms with Crippen LogP contribution < -0.4 is 5.32 Å². The van der Waals surface area contributed by atoms with Crippen LogP contribution in [0.2, 0.25) is 0 Å². The molecule has 0 amide bonds. The van der Waals surface area contributed by atoms with Crippen molar-refractivity contribution in [1.82, 2.24) is 5.32 Å². The van der Waals surface area contributed by atoms with Gasteiger partial charge in [-0.3, -0.25) is 4.79 Å². The van der Waals surface area contributed by atoms with Gasteiger partial charge in [0, 0.05) is 18.5 Å². The number of carbonyl (C=O) groups is 1. The maximum Gasteiger partial charge on any atom is 0.152 e. The number of aldehydes is 1. The van der Waals surface area contributed by atoms with Gasteiger partial charge in [0.1, 0.15) is 5.82 Å². The molecular formula is C12H12FNO. The molecule has 1 N–H and O–H groups in total. The SMILES string of the molecule is CNCCC#Cc1ccc(C=O)c(F)c1. The van der Waals surface area contributed by atoms with Crippen LogP contribution in [0.25, 0.3) is 0 Å². The first-order valence-electron chi connectivity index (χ1n) is 4.66. The molecule has 0 aliphatic carbocycles. The third-order valence-electron chi connectivity index (χ3n) is 1.86. The monoisotopic (exact) mass is 205 g/mol. The topological polar surface area (TPSA) is 29.1 Å². The van der Waals surface area contributed by atoms with Gasteiger partial charge in [0.05, 0.1) is 5.56 Å². The van der Waals surface area contributed by atoms with Gasteiger partial charge in [0.15, 0.2) is 6.29 Å². The minimum atomic E-state index is -0.523. The first kappa shape index (κ1) is 11.4. The van der Waals surface area contributed by atoms with Gasteiger partial charge in [-0.15, -0.1) is 0 Å². The molecule has 2 nitrogen and oxygen atoms in total. The van der Waals surface area contributed by atoms with Gasteiger partial charge < -0.3 is 5.32 Å². The molecule has 0 radical (unpaired) electrons.